The van der Waals surface area contributed by atoms with Crippen LogP contribution in [0.4, 0.5) is 0 Å². The molecule has 1 saturated heterocycles. The van der Waals surface area contributed by atoms with E-state index in [0.717, 1.165) is 12.0 Å². The van der Waals surface area contributed by atoms with Gasteiger partial charge in [-0.2, -0.15) is 0 Å². The molecule has 5 heteroatoms. The number of pyridine rings is 1. The van der Waals surface area contributed by atoms with E-state index < -0.39 is 11.5 Å². The third kappa shape index (κ3) is 2.20. The molecule has 1 aliphatic heterocycles. The zero-order valence-electron chi connectivity index (χ0n) is 10.3. The topological polar surface area (TPSA) is 70.5 Å². The van der Waals surface area contributed by atoms with Gasteiger partial charge in [-0.25, -0.2) is 4.79 Å². The van der Waals surface area contributed by atoms with E-state index in [1.54, 1.807) is 31.5 Å². The fourth-order valence-electron chi connectivity index (χ4n) is 2.36. The molecule has 1 fully saturated rings. The zero-order chi connectivity index (χ0) is 13.2. The standard InChI is InChI=1S/C13H16N2O3/c1-13(12(17)18)5-2-8-15(13)11(16)9-10-3-6-14-7-4-10/h3-4,6-7H,2,5,8-9H2,1H3,(H,17,18). The van der Waals surface area contributed by atoms with Crippen LogP contribution in [-0.2, 0) is 16.0 Å². The monoisotopic (exact) mass is 248 g/mol. The van der Waals surface area contributed by atoms with E-state index >= 15 is 0 Å². The average Bonchev–Trinajstić information content (AvgIpc) is 2.74. The summed E-state index contributed by atoms with van der Waals surface area (Å²) in [4.78, 5) is 28.8. The lowest BCUT2D eigenvalue weighted by atomic mass is 9.98. The van der Waals surface area contributed by atoms with E-state index in [-0.39, 0.29) is 12.3 Å². The second kappa shape index (κ2) is 4.76. The summed E-state index contributed by atoms with van der Waals surface area (Å²) in [6.07, 6.45) is 4.74. The van der Waals surface area contributed by atoms with Crippen molar-refractivity contribution in [3.63, 3.8) is 0 Å². The molecule has 2 heterocycles. The molecule has 1 amide bonds. The van der Waals surface area contributed by atoms with Crippen LogP contribution in [-0.4, -0.2) is 39.0 Å². The van der Waals surface area contributed by atoms with Crippen LogP contribution in [0.3, 0.4) is 0 Å². The van der Waals surface area contributed by atoms with Crippen LogP contribution in [0, 0.1) is 0 Å². The average molecular weight is 248 g/mol. The fraction of sp³-hybridized carbons (Fsp3) is 0.462. The molecule has 2 rings (SSSR count). The fourth-order valence-corrected chi connectivity index (χ4v) is 2.36. The van der Waals surface area contributed by atoms with E-state index in [0.29, 0.717) is 13.0 Å². The number of carboxylic acids is 1. The van der Waals surface area contributed by atoms with Gasteiger partial charge in [0.05, 0.1) is 6.42 Å². The molecule has 5 nitrogen and oxygen atoms in total. The van der Waals surface area contributed by atoms with Gasteiger partial charge in [0, 0.05) is 18.9 Å². The number of hydrogen-bond acceptors (Lipinski definition) is 3. The predicted octanol–water partition coefficient (Wildman–Crippen LogP) is 1.09. The van der Waals surface area contributed by atoms with Gasteiger partial charge in [0.15, 0.2) is 0 Å². The van der Waals surface area contributed by atoms with Crippen molar-refractivity contribution in [1.82, 2.24) is 9.88 Å². The highest BCUT2D eigenvalue weighted by molar-refractivity contribution is 5.88. The van der Waals surface area contributed by atoms with Gasteiger partial charge in [0.25, 0.3) is 0 Å². The molecule has 0 bridgehead atoms. The summed E-state index contributed by atoms with van der Waals surface area (Å²) in [6.45, 7) is 2.14. The minimum absolute atomic E-state index is 0.136. The van der Waals surface area contributed by atoms with Crippen LogP contribution in [0.15, 0.2) is 24.5 Å². The van der Waals surface area contributed by atoms with Crippen molar-refractivity contribution >= 4 is 11.9 Å². The maximum absolute atomic E-state index is 12.2. The highest BCUT2D eigenvalue weighted by Gasteiger charge is 2.45. The molecule has 0 spiro atoms. The summed E-state index contributed by atoms with van der Waals surface area (Å²) in [5.41, 5.74) is -0.195. The molecule has 0 aromatic carbocycles. The summed E-state index contributed by atoms with van der Waals surface area (Å²) in [6, 6.07) is 3.54. The minimum Gasteiger partial charge on any atom is -0.480 e. The van der Waals surface area contributed by atoms with E-state index in [2.05, 4.69) is 4.98 Å². The second-order valence-corrected chi connectivity index (χ2v) is 4.76. The number of rotatable bonds is 3. The van der Waals surface area contributed by atoms with Crippen molar-refractivity contribution in [2.24, 2.45) is 0 Å². The normalized spacial score (nSPS) is 23.1. The van der Waals surface area contributed by atoms with Gasteiger partial charge in [0.2, 0.25) is 5.91 Å². The first-order valence-electron chi connectivity index (χ1n) is 5.97. The number of likely N-dealkylation sites (tertiary alicyclic amines) is 1. The van der Waals surface area contributed by atoms with Crippen LogP contribution in [0.1, 0.15) is 25.3 Å². The Bertz CT molecular complexity index is 461. The van der Waals surface area contributed by atoms with Crippen molar-refractivity contribution < 1.29 is 14.7 Å². The molecular formula is C13H16N2O3. The molecule has 1 aromatic rings. The Hall–Kier alpha value is -1.91. The number of nitrogens with zero attached hydrogens (tertiary/aromatic N) is 2. The maximum Gasteiger partial charge on any atom is 0.329 e. The summed E-state index contributed by atoms with van der Waals surface area (Å²) < 4.78 is 0. The number of aromatic nitrogens is 1. The number of aliphatic carboxylic acids is 1. The Kier molecular flexibility index (Phi) is 3.32. The third-order valence-corrected chi connectivity index (χ3v) is 3.51. The van der Waals surface area contributed by atoms with Crippen molar-refractivity contribution in [3.05, 3.63) is 30.1 Å². The molecule has 1 atom stereocenters. The van der Waals surface area contributed by atoms with Crippen LogP contribution >= 0.6 is 0 Å². The van der Waals surface area contributed by atoms with E-state index in [9.17, 15) is 14.7 Å². The second-order valence-electron chi connectivity index (χ2n) is 4.76. The Morgan fingerprint density at radius 3 is 2.72 bits per heavy atom. The minimum atomic E-state index is -1.05. The molecule has 1 unspecified atom stereocenters. The smallest absolute Gasteiger partial charge is 0.329 e. The molecule has 0 aliphatic carbocycles. The highest BCUT2D eigenvalue weighted by atomic mass is 16.4. The Morgan fingerprint density at radius 1 is 1.44 bits per heavy atom. The molecule has 96 valence electrons. The lowest BCUT2D eigenvalue weighted by Gasteiger charge is -2.31. The molecule has 0 saturated carbocycles. The van der Waals surface area contributed by atoms with Crippen molar-refractivity contribution in [2.75, 3.05) is 6.54 Å². The van der Waals surface area contributed by atoms with Crippen LogP contribution < -0.4 is 0 Å². The zero-order valence-corrected chi connectivity index (χ0v) is 10.3. The van der Waals surface area contributed by atoms with E-state index in [4.69, 9.17) is 0 Å². The first-order chi connectivity index (χ1) is 8.54. The molecule has 1 N–H and O–H groups in total. The van der Waals surface area contributed by atoms with Crippen molar-refractivity contribution in [3.8, 4) is 0 Å². The van der Waals surface area contributed by atoms with Crippen molar-refractivity contribution in [1.29, 1.82) is 0 Å². The van der Waals surface area contributed by atoms with Gasteiger partial charge in [-0.1, -0.05) is 0 Å². The Morgan fingerprint density at radius 2 is 2.11 bits per heavy atom. The number of carbonyl (C=O) groups excluding carboxylic acids is 1. The Balaban J connectivity index is 2.12. The van der Waals surface area contributed by atoms with Crippen LogP contribution in [0.5, 0.6) is 0 Å². The first kappa shape index (κ1) is 12.5. The maximum atomic E-state index is 12.2. The van der Waals surface area contributed by atoms with Gasteiger partial charge < -0.3 is 10.0 Å². The molecule has 18 heavy (non-hydrogen) atoms. The third-order valence-electron chi connectivity index (χ3n) is 3.51. The van der Waals surface area contributed by atoms with Crippen molar-refractivity contribution in [2.45, 2.75) is 31.7 Å². The van der Waals surface area contributed by atoms with Gasteiger partial charge in [-0.3, -0.25) is 9.78 Å². The molecular weight excluding hydrogens is 232 g/mol. The number of amides is 1. The molecule has 1 aliphatic rings. The molecule has 0 radical (unpaired) electrons. The highest BCUT2D eigenvalue weighted by Crippen LogP contribution is 2.29. The van der Waals surface area contributed by atoms with Gasteiger partial charge >= 0.3 is 5.97 Å². The lowest BCUT2D eigenvalue weighted by Crippen LogP contribution is -2.51. The predicted molar refractivity (Wildman–Crippen MR) is 64.9 cm³/mol. The number of carbonyl (C=O) groups is 2. The van der Waals surface area contributed by atoms with Gasteiger partial charge in [-0.05, 0) is 37.5 Å². The van der Waals surface area contributed by atoms with Crippen LogP contribution in [0.25, 0.3) is 0 Å². The van der Waals surface area contributed by atoms with E-state index in [1.165, 1.54) is 4.90 Å². The lowest BCUT2D eigenvalue weighted by molar-refractivity contribution is -0.155. The summed E-state index contributed by atoms with van der Waals surface area (Å²) in [5.74, 6) is -1.06. The summed E-state index contributed by atoms with van der Waals surface area (Å²) >= 11 is 0. The number of carboxylic acid groups (broad SMARTS) is 1. The Labute approximate surface area is 105 Å². The summed E-state index contributed by atoms with van der Waals surface area (Å²) in [5, 5.41) is 9.25. The SMILES string of the molecule is CC1(C(=O)O)CCCN1C(=O)Cc1ccncc1. The summed E-state index contributed by atoms with van der Waals surface area (Å²) in [7, 11) is 0. The number of hydrogen-bond donors (Lipinski definition) is 1. The largest absolute Gasteiger partial charge is 0.480 e. The van der Waals surface area contributed by atoms with Gasteiger partial charge in [-0.15, -0.1) is 0 Å². The molecule has 1 aromatic heterocycles. The first-order valence-corrected chi connectivity index (χ1v) is 5.97. The van der Waals surface area contributed by atoms with Crippen LogP contribution in [0.2, 0.25) is 0 Å². The van der Waals surface area contributed by atoms with Gasteiger partial charge in [0.1, 0.15) is 5.54 Å². The van der Waals surface area contributed by atoms with E-state index in [1.807, 2.05) is 0 Å². The quantitative estimate of drug-likeness (QED) is 0.869.